The van der Waals surface area contributed by atoms with Crippen LogP contribution in [0.5, 0.6) is 6.01 Å². The van der Waals surface area contributed by atoms with Crippen molar-refractivity contribution < 1.29 is 19.5 Å². The van der Waals surface area contributed by atoms with Gasteiger partial charge in [-0.05, 0) is 12.1 Å². The standard InChI is InChI=1S/C10H9ClN4O4/c1-18-8(16)5-19-10-13-9(15(17)14-10)7-4-6(11)2-3-12-7/h2-4,17H,5H2,1H3. The van der Waals surface area contributed by atoms with Gasteiger partial charge in [-0.25, -0.2) is 4.79 Å². The molecule has 0 saturated carbocycles. The van der Waals surface area contributed by atoms with Crippen molar-refractivity contribution in [2.45, 2.75) is 0 Å². The van der Waals surface area contributed by atoms with Gasteiger partial charge in [0, 0.05) is 11.2 Å². The molecule has 0 amide bonds. The van der Waals surface area contributed by atoms with Gasteiger partial charge in [0.05, 0.1) is 7.11 Å². The van der Waals surface area contributed by atoms with Crippen LogP contribution in [0.1, 0.15) is 0 Å². The number of rotatable bonds is 4. The lowest BCUT2D eigenvalue weighted by molar-refractivity contribution is -0.143. The molecule has 0 radical (unpaired) electrons. The maximum Gasteiger partial charge on any atom is 0.344 e. The predicted octanol–water partition coefficient (Wildman–Crippen LogP) is 0.783. The van der Waals surface area contributed by atoms with Crippen LogP contribution in [-0.2, 0) is 9.53 Å². The Morgan fingerprint density at radius 1 is 1.58 bits per heavy atom. The highest BCUT2D eigenvalue weighted by atomic mass is 35.5. The maximum atomic E-state index is 10.9. The van der Waals surface area contributed by atoms with Gasteiger partial charge in [-0.3, -0.25) is 4.98 Å². The third-order valence-corrected chi connectivity index (χ3v) is 2.30. The van der Waals surface area contributed by atoms with E-state index >= 15 is 0 Å². The normalized spacial score (nSPS) is 10.2. The van der Waals surface area contributed by atoms with Crippen LogP contribution in [0.4, 0.5) is 0 Å². The molecule has 0 aliphatic carbocycles. The maximum absolute atomic E-state index is 10.9. The van der Waals surface area contributed by atoms with E-state index in [1.54, 1.807) is 6.07 Å². The van der Waals surface area contributed by atoms with Crippen LogP contribution < -0.4 is 4.74 Å². The van der Waals surface area contributed by atoms with Gasteiger partial charge >= 0.3 is 12.0 Å². The number of aromatic nitrogens is 4. The van der Waals surface area contributed by atoms with Crippen LogP contribution in [0, 0.1) is 0 Å². The van der Waals surface area contributed by atoms with Crippen molar-refractivity contribution in [3.63, 3.8) is 0 Å². The molecule has 0 bridgehead atoms. The SMILES string of the molecule is COC(=O)COc1nc(-c2cc(Cl)ccn2)n(O)n1. The summed E-state index contributed by atoms with van der Waals surface area (Å²) in [4.78, 5) is 19.2. The second-order valence-electron chi connectivity index (χ2n) is 3.33. The molecular weight excluding hydrogens is 276 g/mol. The summed E-state index contributed by atoms with van der Waals surface area (Å²) in [5, 5.41) is 13.6. The largest absolute Gasteiger partial charge is 0.466 e. The Morgan fingerprint density at radius 2 is 2.37 bits per heavy atom. The number of ether oxygens (including phenoxy) is 2. The van der Waals surface area contributed by atoms with Gasteiger partial charge in [-0.2, -0.15) is 4.98 Å². The summed E-state index contributed by atoms with van der Waals surface area (Å²) >= 11 is 5.80. The van der Waals surface area contributed by atoms with Gasteiger partial charge in [0.2, 0.25) is 5.82 Å². The molecule has 0 fully saturated rings. The van der Waals surface area contributed by atoms with Crippen molar-refractivity contribution in [3.8, 4) is 17.5 Å². The van der Waals surface area contributed by atoms with Gasteiger partial charge in [0.25, 0.3) is 0 Å². The van der Waals surface area contributed by atoms with Crippen molar-refractivity contribution in [2.24, 2.45) is 0 Å². The molecule has 100 valence electrons. The van der Waals surface area contributed by atoms with E-state index in [0.29, 0.717) is 15.6 Å². The Labute approximate surface area is 112 Å². The molecule has 0 aromatic carbocycles. The van der Waals surface area contributed by atoms with Gasteiger partial charge in [0.1, 0.15) is 5.69 Å². The fourth-order valence-electron chi connectivity index (χ4n) is 1.22. The summed E-state index contributed by atoms with van der Waals surface area (Å²) < 4.78 is 9.32. The lowest BCUT2D eigenvalue weighted by Crippen LogP contribution is -2.13. The lowest BCUT2D eigenvalue weighted by atomic mass is 10.3. The minimum atomic E-state index is -0.586. The van der Waals surface area contributed by atoms with E-state index in [2.05, 4.69) is 19.8 Å². The Balaban J connectivity index is 2.19. The third-order valence-electron chi connectivity index (χ3n) is 2.07. The Hall–Kier alpha value is -2.35. The smallest absolute Gasteiger partial charge is 0.344 e. The van der Waals surface area contributed by atoms with E-state index in [9.17, 15) is 10.0 Å². The van der Waals surface area contributed by atoms with Crippen LogP contribution in [0.25, 0.3) is 11.5 Å². The molecule has 2 aromatic rings. The number of nitrogens with zero attached hydrogens (tertiary/aromatic N) is 4. The predicted molar refractivity (Wildman–Crippen MR) is 63.0 cm³/mol. The van der Waals surface area contributed by atoms with Crippen molar-refractivity contribution in [3.05, 3.63) is 23.4 Å². The number of pyridine rings is 1. The first kappa shape index (κ1) is 13.1. The van der Waals surface area contributed by atoms with E-state index < -0.39 is 5.97 Å². The first-order chi connectivity index (χ1) is 9.10. The van der Waals surface area contributed by atoms with Crippen LogP contribution in [0.15, 0.2) is 18.3 Å². The highest BCUT2D eigenvalue weighted by Crippen LogP contribution is 2.19. The molecule has 1 N–H and O–H groups in total. The second-order valence-corrected chi connectivity index (χ2v) is 3.77. The summed E-state index contributed by atoms with van der Waals surface area (Å²) in [6.45, 7) is -0.358. The Kier molecular flexibility index (Phi) is 3.81. The minimum Gasteiger partial charge on any atom is -0.466 e. The summed E-state index contributed by atoms with van der Waals surface area (Å²) in [5.74, 6) is -0.543. The van der Waals surface area contributed by atoms with Gasteiger partial charge in [-0.15, -0.1) is 0 Å². The van der Waals surface area contributed by atoms with Crippen LogP contribution >= 0.6 is 11.6 Å². The van der Waals surface area contributed by atoms with E-state index in [4.69, 9.17) is 16.3 Å². The highest BCUT2D eigenvalue weighted by Gasteiger charge is 2.15. The molecule has 0 aliphatic rings. The number of carbonyl (C=O) groups is 1. The highest BCUT2D eigenvalue weighted by molar-refractivity contribution is 6.30. The van der Waals surface area contributed by atoms with Crippen LogP contribution in [0.2, 0.25) is 5.02 Å². The van der Waals surface area contributed by atoms with E-state index in [1.165, 1.54) is 19.4 Å². The monoisotopic (exact) mass is 284 g/mol. The summed E-state index contributed by atoms with van der Waals surface area (Å²) in [7, 11) is 1.23. The van der Waals surface area contributed by atoms with Crippen molar-refractivity contribution in [2.75, 3.05) is 13.7 Å². The molecule has 0 saturated heterocycles. The molecule has 2 heterocycles. The Bertz CT molecular complexity index is 601. The zero-order chi connectivity index (χ0) is 13.8. The zero-order valence-electron chi connectivity index (χ0n) is 9.78. The lowest BCUT2D eigenvalue weighted by Gasteiger charge is -1.98. The Morgan fingerprint density at radius 3 is 3.05 bits per heavy atom. The number of hydrogen-bond acceptors (Lipinski definition) is 7. The quantitative estimate of drug-likeness (QED) is 0.654. The van der Waals surface area contributed by atoms with Gasteiger partial charge in [0.15, 0.2) is 6.61 Å². The molecule has 0 spiro atoms. The zero-order valence-corrected chi connectivity index (χ0v) is 10.5. The molecule has 0 aliphatic heterocycles. The molecule has 9 heteroatoms. The molecule has 2 rings (SSSR count). The first-order valence-corrected chi connectivity index (χ1v) is 5.46. The van der Waals surface area contributed by atoms with Crippen molar-refractivity contribution in [1.82, 2.24) is 19.9 Å². The molecule has 8 nitrogen and oxygen atoms in total. The molecule has 19 heavy (non-hydrogen) atoms. The van der Waals surface area contributed by atoms with E-state index in [0.717, 1.165) is 0 Å². The molecule has 0 unspecified atom stereocenters. The van der Waals surface area contributed by atoms with E-state index in [1.807, 2.05) is 0 Å². The van der Waals surface area contributed by atoms with Gasteiger partial charge < -0.3 is 14.7 Å². The van der Waals surface area contributed by atoms with Crippen LogP contribution in [-0.4, -0.2) is 44.8 Å². The number of methoxy groups -OCH3 is 1. The third kappa shape index (κ3) is 3.10. The van der Waals surface area contributed by atoms with Crippen molar-refractivity contribution in [1.29, 1.82) is 0 Å². The average molecular weight is 285 g/mol. The second kappa shape index (κ2) is 5.53. The summed E-state index contributed by atoms with van der Waals surface area (Å²) in [6, 6.07) is 2.91. The number of carbonyl (C=O) groups excluding carboxylic acids is 1. The molecular formula is C10H9ClN4O4. The molecule has 2 aromatic heterocycles. The topological polar surface area (TPSA) is 99.4 Å². The number of esters is 1. The fraction of sp³-hybridized carbons (Fsp3) is 0.200. The average Bonchev–Trinajstić information content (AvgIpc) is 2.77. The first-order valence-electron chi connectivity index (χ1n) is 5.08. The minimum absolute atomic E-state index is 0.0439. The van der Waals surface area contributed by atoms with Crippen molar-refractivity contribution >= 4 is 17.6 Å². The van der Waals surface area contributed by atoms with E-state index in [-0.39, 0.29) is 18.4 Å². The summed E-state index contributed by atoms with van der Waals surface area (Å²) in [5.41, 5.74) is 0.315. The number of hydrogen-bond donors (Lipinski definition) is 1. The van der Waals surface area contributed by atoms with Gasteiger partial charge in [-0.1, -0.05) is 21.5 Å². The van der Waals surface area contributed by atoms with Crippen LogP contribution in [0.3, 0.4) is 0 Å². The number of halogens is 1. The molecule has 0 atom stereocenters. The fourth-order valence-corrected chi connectivity index (χ4v) is 1.38. The summed E-state index contributed by atoms with van der Waals surface area (Å²) in [6.07, 6.45) is 1.46.